The van der Waals surface area contributed by atoms with Crippen LogP contribution in [0.3, 0.4) is 0 Å². The smallest absolute Gasteiger partial charge is 0.273 e. The summed E-state index contributed by atoms with van der Waals surface area (Å²) in [6.45, 7) is 11.5. The van der Waals surface area contributed by atoms with Crippen LogP contribution in [-0.2, 0) is 16.4 Å². The standard InChI is InChI=1S/C23H34N6O4S.2ClH/c1-5-8-20-24-16(4)21-23(30)25-22(26-29(20)21)18-15-17(9-10-19(18)33-7-3)34(31,32)28-13-11-27(6-2)12-14-28;;/h9-10,15,22,26H,5-8,11-14H2,1-4H3,(H,25,30);2*1H. The molecule has 0 bridgehead atoms. The highest BCUT2D eigenvalue weighted by atomic mass is 35.5. The largest absolute Gasteiger partial charge is 0.493 e. The topological polar surface area (TPSA) is 109 Å². The summed E-state index contributed by atoms with van der Waals surface area (Å²) in [6.07, 6.45) is 0.926. The Bertz CT molecular complexity index is 1170. The molecule has 1 atom stereocenters. The quantitative estimate of drug-likeness (QED) is 0.509. The molecule has 4 rings (SSSR count). The van der Waals surface area contributed by atoms with E-state index in [1.807, 2.05) is 13.8 Å². The second-order valence-electron chi connectivity index (χ2n) is 8.55. The van der Waals surface area contributed by atoms with Gasteiger partial charge in [0.2, 0.25) is 10.0 Å². The number of piperazine rings is 1. The second-order valence-corrected chi connectivity index (χ2v) is 10.5. The van der Waals surface area contributed by atoms with Gasteiger partial charge < -0.3 is 15.0 Å². The van der Waals surface area contributed by atoms with Crippen molar-refractivity contribution in [3.8, 4) is 5.75 Å². The van der Waals surface area contributed by atoms with Crippen molar-refractivity contribution in [3.05, 3.63) is 41.0 Å². The number of carbonyl (C=O) groups excluding carboxylic acids is 1. The number of rotatable bonds is 8. The molecular weight excluding hydrogens is 527 g/mol. The predicted molar refractivity (Wildman–Crippen MR) is 144 cm³/mol. The molecule has 0 saturated carbocycles. The molecule has 10 nitrogen and oxygen atoms in total. The molecule has 36 heavy (non-hydrogen) atoms. The molecule has 2 aliphatic rings. The third-order valence-electron chi connectivity index (χ3n) is 6.35. The number of aromatic nitrogens is 2. The molecule has 2 aromatic rings. The van der Waals surface area contributed by atoms with Gasteiger partial charge in [0.25, 0.3) is 5.91 Å². The number of halogens is 2. The van der Waals surface area contributed by atoms with Crippen LogP contribution in [0.15, 0.2) is 23.1 Å². The van der Waals surface area contributed by atoms with Gasteiger partial charge in [-0.3, -0.25) is 10.2 Å². The van der Waals surface area contributed by atoms with Crippen LogP contribution in [0.1, 0.15) is 60.9 Å². The molecule has 1 amide bonds. The van der Waals surface area contributed by atoms with Crippen LogP contribution in [-0.4, -0.2) is 72.5 Å². The van der Waals surface area contributed by atoms with Crippen LogP contribution in [0.5, 0.6) is 5.75 Å². The number of ether oxygens (including phenoxy) is 1. The predicted octanol–water partition coefficient (Wildman–Crippen LogP) is 2.70. The summed E-state index contributed by atoms with van der Waals surface area (Å²) in [5.41, 5.74) is 4.99. The summed E-state index contributed by atoms with van der Waals surface area (Å²) < 4.78 is 35.9. The van der Waals surface area contributed by atoms with Gasteiger partial charge in [0, 0.05) is 38.2 Å². The van der Waals surface area contributed by atoms with Gasteiger partial charge in [-0.05, 0) is 45.0 Å². The molecule has 1 saturated heterocycles. The van der Waals surface area contributed by atoms with E-state index in [1.165, 1.54) is 4.31 Å². The van der Waals surface area contributed by atoms with Crippen molar-refractivity contribution >= 4 is 40.7 Å². The third kappa shape index (κ3) is 5.75. The fourth-order valence-electron chi connectivity index (χ4n) is 4.53. The van der Waals surface area contributed by atoms with Crippen LogP contribution in [0, 0.1) is 6.92 Å². The monoisotopic (exact) mass is 562 g/mol. The van der Waals surface area contributed by atoms with Gasteiger partial charge in [-0.2, -0.15) is 4.31 Å². The summed E-state index contributed by atoms with van der Waals surface area (Å²) in [6, 6.07) is 4.86. The molecule has 1 aromatic heterocycles. The minimum absolute atomic E-state index is 0. The molecule has 13 heteroatoms. The number of amides is 1. The number of nitrogens with one attached hydrogen (secondary N) is 2. The zero-order chi connectivity index (χ0) is 24.5. The number of benzene rings is 1. The van der Waals surface area contributed by atoms with Gasteiger partial charge >= 0.3 is 0 Å². The molecule has 2 N–H and O–H groups in total. The van der Waals surface area contributed by atoms with E-state index >= 15 is 0 Å². The van der Waals surface area contributed by atoms with Crippen LogP contribution >= 0.6 is 24.8 Å². The SMILES string of the molecule is CCCc1nc(C)c2n1NC(c1cc(S(=O)(=O)N3CCN(CC)CC3)ccc1OCC)NC2=O.Cl.Cl. The molecule has 3 heterocycles. The van der Waals surface area contributed by atoms with Gasteiger partial charge in [0.05, 0.1) is 17.2 Å². The molecule has 1 unspecified atom stereocenters. The summed E-state index contributed by atoms with van der Waals surface area (Å²) >= 11 is 0. The van der Waals surface area contributed by atoms with Gasteiger partial charge in [-0.15, -0.1) is 24.8 Å². The highest BCUT2D eigenvalue weighted by Gasteiger charge is 2.33. The van der Waals surface area contributed by atoms with Gasteiger partial charge in [-0.1, -0.05) is 13.8 Å². The average molecular weight is 564 g/mol. The molecule has 1 fully saturated rings. The maximum Gasteiger partial charge on any atom is 0.273 e. The Kier molecular flexibility index (Phi) is 10.4. The Labute approximate surface area is 225 Å². The van der Waals surface area contributed by atoms with Crippen molar-refractivity contribution < 1.29 is 17.9 Å². The molecule has 1 aromatic carbocycles. The first-order valence-electron chi connectivity index (χ1n) is 11.9. The lowest BCUT2D eigenvalue weighted by Gasteiger charge is -2.33. The van der Waals surface area contributed by atoms with E-state index in [0.717, 1.165) is 18.8 Å². The third-order valence-corrected chi connectivity index (χ3v) is 8.25. The Morgan fingerprint density at radius 2 is 1.81 bits per heavy atom. The van der Waals surface area contributed by atoms with Crippen molar-refractivity contribution in [1.82, 2.24) is 24.2 Å². The number of sulfonamides is 1. The van der Waals surface area contributed by atoms with Crippen LogP contribution in [0.2, 0.25) is 0 Å². The number of hydrogen-bond acceptors (Lipinski definition) is 7. The minimum atomic E-state index is -3.68. The number of aryl methyl sites for hydroxylation is 2. The van der Waals surface area contributed by atoms with Crippen LogP contribution < -0.4 is 15.5 Å². The summed E-state index contributed by atoms with van der Waals surface area (Å²) in [5.74, 6) is 1.03. The maximum atomic E-state index is 13.4. The lowest BCUT2D eigenvalue weighted by atomic mass is 10.1. The normalized spacial score (nSPS) is 18.3. The summed E-state index contributed by atoms with van der Waals surface area (Å²) in [7, 11) is -3.68. The Morgan fingerprint density at radius 3 is 2.42 bits per heavy atom. The average Bonchev–Trinajstić information content (AvgIpc) is 3.15. The van der Waals surface area contributed by atoms with Crippen molar-refractivity contribution in [2.75, 3.05) is 44.8 Å². The van der Waals surface area contributed by atoms with Gasteiger partial charge in [0.1, 0.15) is 17.7 Å². The van der Waals surface area contributed by atoms with E-state index in [-0.39, 0.29) is 35.6 Å². The molecule has 0 aliphatic carbocycles. The van der Waals surface area contributed by atoms with E-state index in [9.17, 15) is 13.2 Å². The maximum absolute atomic E-state index is 13.4. The Hall–Kier alpha value is -2.05. The number of fused-ring (bicyclic) bond motifs is 1. The lowest BCUT2D eigenvalue weighted by molar-refractivity contribution is 0.0913. The van der Waals surface area contributed by atoms with E-state index in [1.54, 1.807) is 22.9 Å². The summed E-state index contributed by atoms with van der Waals surface area (Å²) in [5, 5.41) is 2.95. The van der Waals surface area contributed by atoms with Crippen molar-refractivity contribution in [1.29, 1.82) is 0 Å². The number of imidazole rings is 1. The fraction of sp³-hybridized carbons (Fsp3) is 0.565. The number of hydrogen-bond donors (Lipinski definition) is 2. The minimum Gasteiger partial charge on any atom is -0.493 e. The van der Waals surface area contributed by atoms with Gasteiger partial charge in [0.15, 0.2) is 5.69 Å². The van der Waals surface area contributed by atoms with Crippen molar-refractivity contribution in [2.45, 2.75) is 51.6 Å². The zero-order valence-electron chi connectivity index (χ0n) is 21.1. The number of likely N-dealkylation sites (N-methyl/N-ethyl adjacent to an activating group) is 1. The van der Waals surface area contributed by atoms with Gasteiger partial charge in [-0.25, -0.2) is 18.1 Å². The molecular formula is C23H36Cl2N6O4S. The Balaban J connectivity index is 0.00000228. The summed E-state index contributed by atoms with van der Waals surface area (Å²) in [4.78, 5) is 20.0. The van der Waals surface area contributed by atoms with Crippen molar-refractivity contribution in [3.63, 3.8) is 0 Å². The van der Waals surface area contributed by atoms with Crippen LogP contribution in [0.4, 0.5) is 0 Å². The van der Waals surface area contributed by atoms with E-state index in [4.69, 9.17) is 4.74 Å². The van der Waals surface area contributed by atoms with Crippen LogP contribution in [0.25, 0.3) is 0 Å². The van der Waals surface area contributed by atoms with E-state index in [2.05, 4.69) is 34.5 Å². The first-order valence-corrected chi connectivity index (χ1v) is 13.4. The van der Waals surface area contributed by atoms with Crippen molar-refractivity contribution in [2.24, 2.45) is 0 Å². The molecule has 0 spiro atoms. The molecule has 2 aliphatic heterocycles. The first-order chi connectivity index (χ1) is 16.3. The lowest BCUT2D eigenvalue weighted by Crippen LogP contribution is -2.48. The highest BCUT2D eigenvalue weighted by molar-refractivity contribution is 7.89. The molecule has 0 radical (unpaired) electrons. The number of carbonyl (C=O) groups is 1. The Morgan fingerprint density at radius 1 is 1.11 bits per heavy atom. The highest BCUT2D eigenvalue weighted by Crippen LogP contribution is 2.32. The first kappa shape index (κ1) is 30.2. The molecule has 202 valence electrons. The zero-order valence-corrected chi connectivity index (χ0v) is 23.6. The van der Waals surface area contributed by atoms with E-state index in [0.29, 0.717) is 61.9 Å². The second kappa shape index (κ2) is 12.5. The number of nitrogens with zero attached hydrogens (tertiary/aromatic N) is 4. The van der Waals surface area contributed by atoms with E-state index < -0.39 is 16.2 Å². The fourth-order valence-corrected chi connectivity index (χ4v) is 5.98.